The van der Waals surface area contributed by atoms with Gasteiger partial charge in [-0.05, 0) is 37.1 Å². The van der Waals surface area contributed by atoms with Crippen LogP contribution in [0, 0.1) is 0 Å². The SMILES string of the molecule is O=C(NC1(C(=O)O)CC1)c1ccc(S(=O)(=O)C(F)F)cc1. The third-order valence-corrected chi connectivity index (χ3v) is 4.59. The molecule has 2 rings (SSSR count). The number of nitrogens with one attached hydrogen (secondary N) is 1. The van der Waals surface area contributed by atoms with Crippen LogP contribution in [-0.2, 0) is 14.6 Å². The van der Waals surface area contributed by atoms with Gasteiger partial charge in [-0.3, -0.25) is 4.79 Å². The van der Waals surface area contributed by atoms with Crippen LogP contribution in [0.2, 0.25) is 0 Å². The Bertz CT molecular complexity index is 680. The average Bonchev–Trinajstić information content (AvgIpc) is 3.19. The van der Waals surface area contributed by atoms with Crippen molar-refractivity contribution in [3.8, 4) is 0 Å². The van der Waals surface area contributed by atoms with Crippen molar-refractivity contribution in [2.45, 2.75) is 29.0 Å². The molecule has 0 radical (unpaired) electrons. The molecule has 0 saturated heterocycles. The van der Waals surface area contributed by atoms with Crippen LogP contribution in [0.5, 0.6) is 0 Å². The zero-order valence-corrected chi connectivity index (χ0v) is 11.4. The molecule has 0 aromatic heterocycles. The molecule has 1 saturated carbocycles. The Labute approximate surface area is 118 Å². The molecule has 0 bridgehead atoms. The molecule has 2 N–H and O–H groups in total. The van der Waals surface area contributed by atoms with Gasteiger partial charge in [-0.2, -0.15) is 8.78 Å². The standard InChI is InChI=1S/C12H11F2NO5S/c13-11(14)21(19,20)8-3-1-7(2-4-8)9(16)15-12(5-6-12)10(17)18/h1-4,11H,5-6H2,(H,15,16)(H,17,18). The monoisotopic (exact) mass is 319 g/mol. The van der Waals surface area contributed by atoms with E-state index >= 15 is 0 Å². The molecular weight excluding hydrogens is 308 g/mol. The van der Waals surface area contributed by atoms with Crippen molar-refractivity contribution in [3.05, 3.63) is 29.8 Å². The van der Waals surface area contributed by atoms with Crippen molar-refractivity contribution in [2.24, 2.45) is 0 Å². The van der Waals surface area contributed by atoms with Crippen LogP contribution in [-0.4, -0.2) is 36.7 Å². The zero-order chi connectivity index (χ0) is 15.8. The highest BCUT2D eigenvalue weighted by atomic mass is 32.2. The van der Waals surface area contributed by atoms with Crippen molar-refractivity contribution in [1.29, 1.82) is 0 Å². The molecule has 114 valence electrons. The summed E-state index contributed by atoms with van der Waals surface area (Å²) in [5.41, 5.74) is -1.28. The van der Waals surface area contributed by atoms with Crippen molar-refractivity contribution < 1.29 is 31.9 Å². The Balaban J connectivity index is 2.16. The number of aliphatic carboxylic acids is 1. The lowest BCUT2D eigenvalue weighted by Gasteiger charge is -2.12. The third kappa shape index (κ3) is 2.87. The topological polar surface area (TPSA) is 101 Å². The highest BCUT2D eigenvalue weighted by Crippen LogP contribution is 2.35. The van der Waals surface area contributed by atoms with Gasteiger partial charge in [0.25, 0.3) is 5.91 Å². The number of rotatable bonds is 5. The van der Waals surface area contributed by atoms with Crippen LogP contribution in [0.4, 0.5) is 8.78 Å². The minimum absolute atomic E-state index is 0.00394. The quantitative estimate of drug-likeness (QED) is 0.844. The highest BCUT2D eigenvalue weighted by molar-refractivity contribution is 7.91. The molecule has 1 fully saturated rings. The number of carbonyl (C=O) groups excluding carboxylic acids is 1. The van der Waals surface area contributed by atoms with E-state index in [0.29, 0.717) is 12.8 Å². The lowest BCUT2D eigenvalue weighted by Crippen LogP contribution is -2.43. The van der Waals surface area contributed by atoms with Gasteiger partial charge >= 0.3 is 11.7 Å². The average molecular weight is 319 g/mol. The van der Waals surface area contributed by atoms with Crippen molar-refractivity contribution in [1.82, 2.24) is 5.32 Å². The van der Waals surface area contributed by atoms with Gasteiger partial charge < -0.3 is 10.4 Å². The largest absolute Gasteiger partial charge is 0.480 e. The lowest BCUT2D eigenvalue weighted by atomic mass is 10.2. The van der Waals surface area contributed by atoms with Gasteiger partial charge in [-0.15, -0.1) is 0 Å². The Morgan fingerprint density at radius 1 is 1.19 bits per heavy atom. The summed E-state index contributed by atoms with van der Waals surface area (Å²) in [6.45, 7) is 0. The maximum absolute atomic E-state index is 12.3. The van der Waals surface area contributed by atoms with Crippen molar-refractivity contribution in [2.75, 3.05) is 0 Å². The summed E-state index contributed by atoms with van der Waals surface area (Å²) in [6, 6.07) is 3.89. The molecule has 0 atom stereocenters. The van der Waals surface area contributed by atoms with Crippen LogP contribution in [0.3, 0.4) is 0 Å². The summed E-state index contributed by atoms with van der Waals surface area (Å²) >= 11 is 0. The molecule has 6 nitrogen and oxygen atoms in total. The van der Waals surface area contributed by atoms with Gasteiger partial charge in [-0.25, -0.2) is 13.2 Å². The summed E-state index contributed by atoms with van der Waals surface area (Å²) in [6.07, 6.45) is 0.623. The number of alkyl halides is 2. The first-order valence-corrected chi connectivity index (χ1v) is 7.42. The number of benzene rings is 1. The molecule has 0 unspecified atom stereocenters. The van der Waals surface area contributed by atoms with E-state index in [-0.39, 0.29) is 5.56 Å². The zero-order valence-electron chi connectivity index (χ0n) is 10.5. The Morgan fingerprint density at radius 3 is 2.10 bits per heavy atom. The molecule has 9 heteroatoms. The first-order chi connectivity index (χ1) is 9.69. The van der Waals surface area contributed by atoms with Gasteiger partial charge in [-0.1, -0.05) is 0 Å². The number of hydrogen-bond acceptors (Lipinski definition) is 4. The van der Waals surface area contributed by atoms with E-state index in [9.17, 15) is 26.8 Å². The van der Waals surface area contributed by atoms with Crippen LogP contribution in [0.25, 0.3) is 0 Å². The minimum Gasteiger partial charge on any atom is -0.480 e. The fourth-order valence-corrected chi connectivity index (χ4v) is 2.43. The van der Waals surface area contributed by atoms with E-state index in [4.69, 9.17) is 5.11 Å². The maximum Gasteiger partial charge on any atom is 0.341 e. The Morgan fingerprint density at radius 2 is 1.71 bits per heavy atom. The summed E-state index contributed by atoms with van der Waals surface area (Å²) in [4.78, 5) is 22.2. The Kier molecular flexibility index (Phi) is 3.70. The second kappa shape index (κ2) is 5.06. The summed E-state index contributed by atoms with van der Waals surface area (Å²) in [5.74, 6) is -5.39. The molecule has 0 aliphatic heterocycles. The summed E-state index contributed by atoms with van der Waals surface area (Å²) < 4.78 is 47.1. The second-order valence-electron chi connectivity index (χ2n) is 4.67. The van der Waals surface area contributed by atoms with Gasteiger partial charge in [0.15, 0.2) is 0 Å². The number of carboxylic acid groups (broad SMARTS) is 1. The van der Waals surface area contributed by atoms with Crippen molar-refractivity contribution >= 4 is 21.7 Å². The molecule has 0 spiro atoms. The van der Waals surface area contributed by atoms with Crippen LogP contribution in [0.15, 0.2) is 29.2 Å². The van der Waals surface area contributed by atoms with Crippen LogP contribution < -0.4 is 5.32 Å². The third-order valence-electron chi connectivity index (χ3n) is 3.19. The number of hydrogen-bond donors (Lipinski definition) is 2. The van der Waals surface area contributed by atoms with Crippen molar-refractivity contribution in [3.63, 3.8) is 0 Å². The van der Waals surface area contributed by atoms with E-state index in [1.807, 2.05) is 0 Å². The number of carbonyl (C=O) groups is 2. The molecule has 1 amide bonds. The summed E-state index contributed by atoms with van der Waals surface area (Å²) in [5, 5.41) is 11.3. The predicted octanol–water partition coefficient (Wildman–Crippen LogP) is 1.03. The summed E-state index contributed by atoms with van der Waals surface area (Å²) in [7, 11) is -4.71. The second-order valence-corrected chi connectivity index (χ2v) is 6.59. The normalized spacial score (nSPS) is 16.5. The van der Waals surface area contributed by atoms with Gasteiger partial charge in [0.1, 0.15) is 5.54 Å². The Hall–Kier alpha value is -2.03. The van der Waals surface area contributed by atoms with Crippen LogP contribution >= 0.6 is 0 Å². The van der Waals surface area contributed by atoms with E-state index in [2.05, 4.69) is 5.32 Å². The number of carboxylic acids is 1. The molecular formula is C12H11F2NO5S. The molecule has 1 aromatic carbocycles. The molecule has 1 aromatic rings. The van der Waals surface area contributed by atoms with Gasteiger partial charge in [0, 0.05) is 5.56 Å². The van der Waals surface area contributed by atoms with E-state index in [1.54, 1.807) is 0 Å². The van der Waals surface area contributed by atoms with Gasteiger partial charge in [0.2, 0.25) is 9.84 Å². The lowest BCUT2D eigenvalue weighted by molar-refractivity contribution is -0.140. The molecule has 21 heavy (non-hydrogen) atoms. The molecule has 1 aliphatic carbocycles. The van der Waals surface area contributed by atoms with E-state index in [1.165, 1.54) is 0 Å². The fourth-order valence-electron chi connectivity index (χ4n) is 1.71. The number of sulfone groups is 1. The number of amides is 1. The molecule has 1 aliphatic rings. The molecule has 0 heterocycles. The first-order valence-electron chi connectivity index (χ1n) is 5.87. The number of halogens is 2. The first kappa shape index (κ1) is 15.4. The minimum atomic E-state index is -4.71. The van der Waals surface area contributed by atoms with E-state index < -0.39 is 37.9 Å². The smallest absolute Gasteiger partial charge is 0.341 e. The van der Waals surface area contributed by atoms with E-state index in [0.717, 1.165) is 24.3 Å². The van der Waals surface area contributed by atoms with Gasteiger partial charge in [0.05, 0.1) is 4.90 Å². The fraction of sp³-hybridized carbons (Fsp3) is 0.333. The van der Waals surface area contributed by atoms with Crippen LogP contribution in [0.1, 0.15) is 23.2 Å². The maximum atomic E-state index is 12.3. The highest BCUT2D eigenvalue weighted by Gasteiger charge is 2.51. The predicted molar refractivity (Wildman–Crippen MR) is 66.7 cm³/mol.